The highest BCUT2D eigenvalue weighted by molar-refractivity contribution is 6.06. The van der Waals surface area contributed by atoms with Gasteiger partial charge in [0.05, 0.1) is 11.8 Å². The van der Waals surface area contributed by atoms with Crippen LogP contribution in [-0.4, -0.2) is 60.1 Å². The van der Waals surface area contributed by atoms with E-state index in [1.165, 1.54) is 12.3 Å². The molecule has 0 radical (unpaired) electrons. The van der Waals surface area contributed by atoms with Crippen LogP contribution in [0, 0.1) is 19.7 Å². The Balaban J connectivity index is 1.29. The minimum atomic E-state index is -0.411. The fraction of sp³-hybridized carbons (Fsp3) is 0.343. The van der Waals surface area contributed by atoms with Gasteiger partial charge in [-0.15, -0.1) is 0 Å². The second-order valence-corrected chi connectivity index (χ2v) is 11.8. The van der Waals surface area contributed by atoms with E-state index < -0.39 is 5.91 Å². The molecule has 234 valence electrons. The zero-order valence-electron chi connectivity index (χ0n) is 26.0. The molecule has 6 rings (SSSR count). The summed E-state index contributed by atoms with van der Waals surface area (Å²) in [5.74, 6) is 0.495. The monoisotopic (exact) mass is 610 g/mol. The van der Waals surface area contributed by atoms with Gasteiger partial charge in [0, 0.05) is 43.8 Å². The lowest BCUT2D eigenvalue weighted by molar-refractivity contribution is 0.102. The Hall–Kier alpha value is -4.70. The third-order valence-electron chi connectivity index (χ3n) is 8.42. The van der Waals surface area contributed by atoms with E-state index in [2.05, 4.69) is 37.4 Å². The highest BCUT2D eigenvalue weighted by Crippen LogP contribution is 2.36. The van der Waals surface area contributed by atoms with Crippen LogP contribution in [0.25, 0.3) is 0 Å². The summed E-state index contributed by atoms with van der Waals surface area (Å²) in [6, 6.07) is 18.2. The molecule has 1 aromatic heterocycles. The third kappa shape index (κ3) is 7.17. The minimum absolute atomic E-state index is 0.0493. The van der Waals surface area contributed by atoms with E-state index in [-0.39, 0.29) is 29.3 Å². The minimum Gasteiger partial charge on any atom is -0.487 e. The molecule has 2 aliphatic rings. The van der Waals surface area contributed by atoms with E-state index in [4.69, 9.17) is 9.47 Å². The Morgan fingerprint density at radius 1 is 0.933 bits per heavy atom. The number of carbonyl (C=O) groups excluding carboxylic acids is 1. The van der Waals surface area contributed by atoms with Crippen LogP contribution in [0.5, 0.6) is 17.4 Å². The number of para-hydroxylation sites is 3. The molecule has 3 aromatic carbocycles. The summed E-state index contributed by atoms with van der Waals surface area (Å²) in [5, 5.41) is 6.09. The zero-order valence-corrected chi connectivity index (χ0v) is 26.0. The smallest absolute Gasteiger partial charge is 0.262 e. The van der Waals surface area contributed by atoms with Gasteiger partial charge in [-0.1, -0.05) is 30.3 Å². The predicted molar refractivity (Wildman–Crippen MR) is 175 cm³/mol. The molecule has 1 aliphatic heterocycles. The molecule has 4 aromatic rings. The standard InChI is InChI=1S/C35H39FN6O3/c1-23-9-8-10-24(2)32(23)39-33(43)27-22-37-35(38-25-15-16-29(28(36)21-25)42-19-17-41(3)18-20-42)40-34(27)45-31-14-7-6-13-30(31)44-26-11-4-5-12-26/h6-10,13-16,21-22,26H,4-5,11-12,17-20H2,1-3H3,(H,39,43)(H,37,38,40). The molecule has 1 saturated carbocycles. The van der Waals surface area contributed by atoms with E-state index in [9.17, 15) is 4.79 Å². The van der Waals surface area contributed by atoms with Crippen molar-refractivity contribution in [1.82, 2.24) is 14.9 Å². The number of aryl methyl sites for hydroxylation is 2. The van der Waals surface area contributed by atoms with E-state index in [0.717, 1.165) is 68.7 Å². The van der Waals surface area contributed by atoms with Gasteiger partial charge in [0.2, 0.25) is 11.8 Å². The molecule has 9 nitrogen and oxygen atoms in total. The van der Waals surface area contributed by atoms with Crippen molar-refractivity contribution >= 4 is 28.9 Å². The number of piperazine rings is 1. The first-order valence-electron chi connectivity index (χ1n) is 15.5. The van der Waals surface area contributed by atoms with Crippen LogP contribution in [0.15, 0.2) is 66.9 Å². The van der Waals surface area contributed by atoms with Gasteiger partial charge in [-0.05, 0) is 88.0 Å². The fourth-order valence-corrected chi connectivity index (χ4v) is 5.79. The lowest BCUT2D eigenvalue weighted by Crippen LogP contribution is -2.44. The maximum atomic E-state index is 15.2. The van der Waals surface area contributed by atoms with Crippen LogP contribution in [0.1, 0.15) is 47.2 Å². The Morgan fingerprint density at radius 2 is 1.64 bits per heavy atom. The molecule has 1 amide bonds. The number of rotatable bonds is 9. The van der Waals surface area contributed by atoms with Crippen LogP contribution in [-0.2, 0) is 0 Å². The Labute approximate surface area is 263 Å². The number of halogens is 1. The number of nitrogens with one attached hydrogen (secondary N) is 2. The molecule has 10 heteroatoms. The van der Waals surface area contributed by atoms with Crippen LogP contribution < -0.4 is 25.0 Å². The normalized spacial score (nSPS) is 15.6. The maximum Gasteiger partial charge on any atom is 0.262 e. The van der Waals surface area contributed by atoms with Gasteiger partial charge in [-0.3, -0.25) is 4.79 Å². The zero-order chi connectivity index (χ0) is 31.3. The summed E-state index contributed by atoms with van der Waals surface area (Å²) in [7, 11) is 2.07. The van der Waals surface area contributed by atoms with E-state index >= 15 is 4.39 Å². The fourth-order valence-electron chi connectivity index (χ4n) is 5.79. The number of amides is 1. The molecule has 1 aliphatic carbocycles. The van der Waals surface area contributed by atoms with E-state index in [1.807, 2.05) is 50.2 Å². The Morgan fingerprint density at radius 3 is 2.36 bits per heavy atom. The largest absolute Gasteiger partial charge is 0.487 e. The summed E-state index contributed by atoms with van der Waals surface area (Å²) in [5.41, 5.74) is 3.78. The molecular weight excluding hydrogens is 571 g/mol. The van der Waals surface area contributed by atoms with E-state index in [1.54, 1.807) is 18.2 Å². The summed E-state index contributed by atoms with van der Waals surface area (Å²) in [6.07, 6.45) is 5.78. The number of carbonyl (C=O) groups is 1. The first kappa shape index (κ1) is 30.3. The number of hydrogen-bond donors (Lipinski definition) is 2. The third-order valence-corrected chi connectivity index (χ3v) is 8.42. The van der Waals surface area contributed by atoms with Crippen molar-refractivity contribution in [3.8, 4) is 17.4 Å². The first-order chi connectivity index (χ1) is 21.8. The molecule has 0 unspecified atom stereocenters. The first-order valence-corrected chi connectivity index (χ1v) is 15.5. The van der Waals surface area contributed by atoms with Gasteiger partial charge in [-0.25, -0.2) is 9.37 Å². The summed E-state index contributed by atoms with van der Waals surface area (Å²) < 4.78 is 27.8. The molecule has 2 N–H and O–H groups in total. The van der Waals surface area contributed by atoms with Gasteiger partial charge in [-0.2, -0.15) is 4.98 Å². The van der Waals surface area contributed by atoms with Crippen molar-refractivity contribution in [2.75, 3.05) is 48.8 Å². The van der Waals surface area contributed by atoms with Crippen LogP contribution in [0.3, 0.4) is 0 Å². The van der Waals surface area contributed by atoms with Crippen molar-refractivity contribution in [3.05, 3.63) is 89.4 Å². The van der Waals surface area contributed by atoms with Crippen LogP contribution >= 0.6 is 0 Å². The lowest BCUT2D eigenvalue weighted by Gasteiger charge is -2.34. The number of benzene rings is 3. The van der Waals surface area contributed by atoms with Gasteiger partial charge in [0.25, 0.3) is 5.91 Å². The molecular formula is C35H39FN6O3. The Bertz CT molecular complexity index is 1650. The van der Waals surface area contributed by atoms with Crippen molar-refractivity contribution in [2.24, 2.45) is 0 Å². The van der Waals surface area contributed by atoms with Crippen molar-refractivity contribution in [3.63, 3.8) is 0 Å². The average Bonchev–Trinajstić information content (AvgIpc) is 3.54. The Kier molecular flexibility index (Phi) is 9.11. The van der Waals surface area contributed by atoms with Gasteiger partial charge >= 0.3 is 0 Å². The quantitative estimate of drug-likeness (QED) is 0.208. The molecule has 45 heavy (non-hydrogen) atoms. The van der Waals surface area contributed by atoms with E-state index in [0.29, 0.717) is 22.9 Å². The number of nitrogens with zero attached hydrogens (tertiary/aromatic N) is 4. The van der Waals surface area contributed by atoms with Gasteiger partial charge in [0.1, 0.15) is 11.4 Å². The second kappa shape index (κ2) is 13.5. The predicted octanol–water partition coefficient (Wildman–Crippen LogP) is 7.09. The molecule has 0 bridgehead atoms. The number of ether oxygens (including phenoxy) is 2. The van der Waals surface area contributed by atoms with Crippen LogP contribution in [0.2, 0.25) is 0 Å². The second-order valence-electron chi connectivity index (χ2n) is 11.8. The van der Waals surface area contributed by atoms with Crippen molar-refractivity contribution in [1.29, 1.82) is 0 Å². The van der Waals surface area contributed by atoms with Crippen molar-refractivity contribution < 1.29 is 18.7 Å². The van der Waals surface area contributed by atoms with Gasteiger partial charge < -0.3 is 29.9 Å². The summed E-state index contributed by atoms with van der Waals surface area (Å²) >= 11 is 0. The maximum absolute atomic E-state index is 15.2. The molecule has 2 fully saturated rings. The molecule has 0 atom stereocenters. The molecule has 2 heterocycles. The number of aromatic nitrogens is 2. The number of hydrogen-bond acceptors (Lipinski definition) is 8. The topological polar surface area (TPSA) is 91.9 Å². The summed E-state index contributed by atoms with van der Waals surface area (Å²) in [4.78, 5) is 26.9. The van der Waals surface area contributed by atoms with Gasteiger partial charge in [0.15, 0.2) is 11.5 Å². The number of anilines is 4. The van der Waals surface area contributed by atoms with Crippen molar-refractivity contribution in [2.45, 2.75) is 45.6 Å². The highest BCUT2D eigenvalue weighted by Gasteiger charge is 2.23. The number of likely N-dealkylation sites (N-methyl/N-ethyl adjacent to an activating group) is 1. The summed E-state index contributed by atoms with van der Waals surface area (Å²) in [6.45, 7) is 7.17. The highest BCUT2D eigenvalue weighted by atomic mass is 19.1. The van der Waals surface area contributed by atoms with Crippen LogP contribution in [0.4, 0.5) is 27.4 Å². The molecule has 1 saturated heterocycles. The molecule has 0 spiro atoms. The SMILES string of the molecule is Cc1cccc(C)c1NC(=O)c1cnc(Nc2ccc(N3CCN(C)CC3)c(F)c2)nc1Oc1ccccc1OC1CCCC1. The lowest BCUT2D eigenvalue weighted by atomic mass is 10.1. The average molecular weight is 611 g/mol.